The van der Waals surface area contributed by atoms with Crippen molar-refractivity contribution in [3.63, 3.8) is 0 Å². The van der Waals surface area contributed by atoms with Crippen LogP contribution in [0.15, 0.2) is 36.7 Å². The number of nitrogens with zero attached hydrogens (tertiary/aromatic N) is 3. The standard InChI is InChI=1S/C18H23N7O2/c1-19-16(26)14-4-2-13(3-5-14)10-23-18(27)24-15-11-21-17(22-12-15)25-8-6-20-7-9-25/h2-5,11-12,20H,6-10H2,1H3,(H,19,26)(H2,23,24,27). The van der Waals surface area contributed by atoms with Crippen LogP contribution in [0.5, 0.6) is 0 Å². The Balaban J connectivity index is 1.48. The van der Waals surface area contributed by atoms with Gasteiger partial charge in [0.25, 0.3) is 5.91 Å². The zero-order chi connectivity index (χ0) is 19.1. The molecule has 1 aliphatic heterocycles. The highest BCUT2D eigenvalue weighted by Gasteiger charge is 2.13. The van der Waals surface area contributed by atoms with E-state index in [9.17, 15) is 9.59 Å². The van der Waals surface area contributed by atoms with Crippen molar-refractivity contribution in [1.82, 2.24) is 25.9 Å². The molecule has 1 aromatic carbocycles. The van der Waals surface area contributed by atoms with E-state index in [1.165, 1.54) is 0 Å². The summed E-state index contributed by atoms with van der Waals surface area (Å²) in [4.78, 5) is 34.3. The van der Waals surface area contributed by atoms with E-state index >= 15 is 0 Å². The monoisotopic (exact) mass is 369 g/mol. The number of aromatic nitrogens is 2. The number of nitrogens with one attached hydrogen (secondary N) is 4. The number of hydrogen-bond donors (Lipinski definition) is 4. The first-order valence-electron chi connectivity index (χ1n) is 8.79. The molecule has 9 nitrogen and oxygen atoms in total. The molecular weight excluding hydrogens is 346 g/mol. The Kier molecular flexibility index (Phi) is 6.16. The van der Waals surface area contributed by atoms with Crippen LogP contribution in [0.1, 0.15) is 15.9 Å². The third kappa shape index (κ3) is 5.14. The van der Waals surface area contributed by atoms with Crippen LogP contribution in [0.4, 0.5) is 16.4 Å². The van der Waals surface area contributed by atoms with Crippen LogP contribution in [0, 0.1) is 0 Å². The Morgan fingerprint density at radius 2 is 1.78 bits per heavy atom. The Morgan fingerprint density at radius 3 is 2.41 bits per heavy atom. The maximum Gasteiger partial charge on any atom is 0.319 e. The second kappa shape index (κ2) is 8.95. The Morgan fingerprint density at radius 1 is 1.11 bits per heavy atom. The number of anilines is 2. The van der Waals surface area contributed by atoms with Crippen molar-refractivity contribution in [1.29, 1.82) is 0 Å². The van der Waals surface area contributed by atoms with Crippen LogP contribution in [-0.2, 0) is 6.54 Å². The van der Waals surface area contributed by atoms with Gasteiger partial charge in [-0.25, -0.2) is 14.8 Å². The highest BCUT2D eigenvalue weighted by molar-refractivity contribution is 5.94. The normalized spacial score (nSPS) is 13.7. The first-order valence-corrected chi connectivity index (χ1v) is 8.79. The van der Waals surface area contributed by atoms with Gasteiger partial charge >= 0.3 is 6.03 Å². The number of hydrogen-bond acceptors (Lipinski definition) is 6. The van der Waals surface area contributed by atoms with Crippen molar-refractivity contribution >= 4 is 23.6 Å². The van der Waals surface area contributed by atoms with Gasteiger partial charge in [0.15, 0.2) is 0 Å². The third-order valence-corrected chi connectivity index (χ3v) is 4.19. The Labute approximate surface area is 157 Å². The first-order chi connectivity index (χ1) is 13.2. The molecule has 0 saturated carbocycles. The SMILES string of the molecule is CNC(=O)c1ccc(CNC(=O)Nc2cnc(N3CCNCC3)nc2)cc1. The zero-order valence-electron chi connectivity index (χ0n) is 15.2. The number of carbonyl (C=O) groups excluding carboxylic acids is 2. The number of benzene rings is 1. The number of rotatable bonds is 5. The minimum atomic E-state index is -0.344. The fraction of sp³-hybridized carbons (Fsp3) is 0.333. The van der Waals surface area contributed by atoms with Gasteiger partial charge in [-0.3, -0.25) is 4.79 Å². The van der Waals surface area contributed by atoms with E-state index in [4.69, 9.17) is 0 Å². The van der Waals surface area contributed by atoms with Crippen molar-refractivity contribution in [2.45, 2.75) is 6.54 Å². The second-order valence-corrected chi connectivity index (χ2v) is 6.09. The van der Waals surface area contributed by atoms with Crippen molar-refractivity contribution in [2.75, 3.05) is 43.4 Å². The van der Waals surface area contributed by atoms with Crippen LogP contribution in [0.2, 0.25) is 0 Å². The summed E-state index contributed by atoms with van der Waals surface area (Å²) < 4.78 is 0. The van der Waals surface area contributed by atoms with Crippen molar-refractivity contribution < 1.29 is 9.59 Å². The highest BCUT2D eigenvalue weighted by Crippen LogP contribution is 2.11. The molecule has 1 saturated heterocycles. The predicted octanol–water partition coefficient (Wildman–Crippen LogP) is 0.568. The maximum absolute atomic E-state index is 12.0. The number of carbonyl (C=O) groups is 2. The molecule has 0 bridgehead atoms. The molecule has 0 aliphatic carbocycles. The zero-order valence-corrected chi connectivity index (χ0v) is 15.2. The number of piperazine rings is 1. The van der Waals surface area contributed by atoms with Gasteiger partial charge in [-0.05, 0) is 17.7 Å². The molecule has 0 spiro atoms. The van der Waals surface area contributed by atoms with Gasteiger partial charge in [0, 0.05) is 45.3 Å². The van der Waals surface area contributed by atoms with E-state index in [0.717, 1.165) is 31.7 Å². The molecule has 0 atom stereocenters. The smallest absolute Gasteiger partial charge is 0.319 e. The molecule has 2 heterocycles. The van der Waals surface area contributed by atoms with Gasteiger partial charge in [-0.2, -0.15) is 0 Å². The minimum absolute atomic E-state index is 0.142. The quantitative estimate of drug-likeness (QED) is 0.613. The Bertz CT molecular complexity index is 771. The molecular formula is C18H23N7O2. The van der Waals surface area contributed by atoms with Crippen molar-refractivity contribution in [3.05, 3.63) is 47.8 Å². The lowest BCUT2D eigenvalue weighted by Crippen LogP contribution is -2.44. The molecule has 27 heavy (non-hydrogen) atoms. The topological polar surface area (TPSA) is 111 Å². The second-order valence-electron chi connectivity index (χ2n) is 6.09. The molecule has 142 valence electrons. The van der Waals surface area contributed by atoms with Gasteiger partial charge in [-0.15, -0.1) is 0 Å². The lowest BCUT2D eigenvalue weighted by Gasteiger charge is -2.27. The Hall–Kier alpha value is -3.20. The average molecular weight is 369 g/mol. The summed E-state index contributed by atoms with van der Waals surface area (Å²) in [6.07, 6.45) is 3.20. The average Bonchev–Trinajstić information content (AvgIpc) is 2.73. The van der Waals surface area contributed by atoms with Gasteiger partial charge in [0.05, 0.1) is 18.1 Å². The lowest BCUT2D eigenvalue weighted by atomic mass is 10.1. The molecule has 9 heteroatoms. The summed E-state index contributed by atoms with van der Waals surface area (Å²) in [6, 6.07) is 6.70. The van der Waals surface area contributed by atoms with Crippen LogP contribution in [-0.4, -0.2) is 55.1 Å². The molecule has 2 aromatic rings. The van der Waals surface area contributed by atoms with E-state index in [1.54, 1.807) is 43.7 Å². The van der Waals surface area contributed by atoms with E-state index in [2.05, 4.69) is 36.1 Å². The van der Waals surface area contributed by atoms with E-state index in [-0.39, 0.29) is 11.9 Å². The summed E-state index contributed by atoms with van der Waals surface area (Å²) in [5.74, 6) is 0.523. The molecule has 1 aliphatic rings. The molecule has 3 amide bonds. The van der Waals surface area contributed by atoms with E-state index in [0.29, 0.717) is 23.7 Å². The van der Waals surface area contributed by atoms with Crippen LogP contribution in [0.25, 0.3) is 0 Å². The molecule has 1 aromatic heterocycles. The van der Waals surface area contributed by atoms with Crippen molar-refractivity contribution in [2.24, 2.45) is 0 Å². The summed E-state index contributed by atoms with van der Waals surface area (Å²) in [5, 5.41) is 11.3. The van der Waals surface area contributed by atoms with Gasteiger partial charge in [0.1, 0.15) is 0 Å². The van der Waals surface area contributed by atoms with E-state index in [1.807, 2.05) is 0 Å². The highest BCUT2D eigenvalue weighted by atomic mass is 16.2. The van der Waals surface area contributed by atoms with Crippen molar-refractivity contribution in [3.8, 4) is 0 Å². The summed E-state index contributed by atoms with van der Waals surface area (Å²) in [7, 11) is 1.59. The number of amides is 3. The lowest BCUT2D eigenvalue weighted by molar-refractivity contribution is 0.0963. The fourth-order valence-electron chi connectivity index (χ4n) is 2.69. The molecule has 0 unspecified atom stereocenters. The third-order valence-electron chi connectivity index (χ3n) is 4.19. The fourth-order valence-corrected chi connectivity index (χ4v) is 2.69. The first kappa shape index (κ1) is 18.6. The largest absolute Gasteiger partial charge is 0.355 e. The molecule has 1 fully saturated rings. The summed E-state index contributed by atoms with van der Waals surface area (Å²) >= 11 is 0. The predicted molar refractivity (Wildman–Crippen MR) is 103 cm³/mol. The van der Waals surface area contributed by atoms with Crippen LogP contribution in [0.3, 0.4) is 0 Å². The molecule has 4 N–H and O–H groups in total. The maximum atomic E-state index is 12.0. The van der Waals surface area contributed by atoms with Gasteiger partial charge in [0.2, 0.25) is 5.95 Å². The van der Waals surface area contributed by atoms with Gasteiger partial charge < -0.3 is 26.2 Å². The van der Waals surface area contributed by atoms with Crippen LogP contribution >= 0.6 is 0 Å². The summed E-state index contributed by atoms with van der Waals surface area (Å²) in [5.41, 5.74) is 2.00. The molecule has 0 radical (unpaired) electrons. The minimum Gasteiger partial charge on any atom is -0.355 e. The van der Waals surface area contributed by atoms with E-state index < -0.39 is 0 Å². The van der Waals surface area contributed by atoms with Gasteiger partial charge in [-0.1, -0.05) is 12.1 Å². The number of urea groups is 1. The molecule has 3 rings (SSSR count). The van der Waals surface area contributed by atoms with Crippen LogP contribution < -0.4 is 26.2 Å². The summed E-state index contributed by atoms with van der Waals surface area (Å²) in [6.45, 7) is 3.91.